The first kappa shape index (κ1) is 28.7. The predicted octanol–water partition coefficient (Wildman–Crippen LogP) is 5.79. The number of halogens is 4. The minimum Gasteiger partial charge on any atom is -0.453 e. The number of nitrogens with one attached hydrogen (secondary N) is 2. The number of nitrogens with zero attached hydrogens (tertiary/aromatic N) is 1. The molecule has 2 amide bonds. The molecule has 0 fully saturated rings. The van der Waals surface area contributed by atoms with Crippen LogP contribution in [0.5, 0.6) is 11.5 Å². The highest BCUT2D eigenvalue weighted by molar-refractivity contribution is 9.10. The van der Waals surface area contributed by atoms with Crippen LogP contribution in [0.25, 0.3) is 0 Å². The lowest BCUT2D eigenvalue weighted by Gasteiger charge is -2.14. The Morgan fingerprint density at radius 3 is 2.53 bits per heavy atom. The summed E-state index contributed by atoms with van der Waals surface area (Å²) in [6.45, 7) is 3.33. The number of amides is 2. The van der Waals surface area contributed by atoms with E-state index in [2.05, 4.69) is 26.6 Å². The number of ether oxygens (including phenoxy) is 1. The van der Waals surface area contributed by atoms with Gasteiger partial charge in [-0.1, -0.05) is 6.07 Å². The van der Waals surface area contributed by atoms with Crippen molar-refractivity contribution in [2.45, 2.75) is 32.8 Å². The Bertz CT molecular complexity index is 1410. The van der Waals surface area contributed by atoms with Crippen molar-refractivity contribution in [1.82, 2.24) is 5.32 Å². The molecule has 0 aliphatic rings. The normalized spacial score (nSPS) is 11.6. The Labute approximate surface area is 225 Å². The molecule has 0 heterocycles. The zero-order chi connectivity index (χ0) is 28.0. The Kier molecular flexibility index (Phi) is 9.50. The Morgan fingerprint density at radius 1 is 1.16 bits per heavy atom. The highest BCUT2D eigenvalue weighted by Gasteiger charge is 2.19. The topological polar surface area (TPSA) is 111 Å². The molecule has 3 N–H and O–H groups in total. The number of benzene rings is 3. The molecule has 0 aliphatic carbocycles. The smallest absolute Gasteiger partial charge is 0.264 e. The van der Waals surface area contributed by atoms with E-state index >= 15 is 4.39 Å². The summed E-state index contributed by atoms with van der Waals surface area (Å²) in [5.41, 5.74) is 0.814. The third-order valence-electron chi connectivity index (χ3n) is 5.33. The fourth-order valence-corrected chi connectivity index (χ4v) is 3.83. The Hall–Kier alpha value is -3.88. The van der Waals surface area contributed by atoms with Gasteiger partial charge in [0.1, 0.15) is 5.75 Å². The lowest BCUT2D eigenvalue weighted by atomic mass is 10.1. The molecule has 3 aromatic rings. The van der Waals surface area contributed by atoms with Crippen LogP contribution < -0.4 is 15.4 Å². The van der Waals surface area contributed by atoms with Gasteiger partial charge in [-0.3, -0.25) is 9.59 Å². The predicted molar refractivity (Wildman–Crippen MR) is 138 cm³/mol. The highest BCUT2D eigenvalue weighted by atomic mass is 79.9. The molecule has 0 aliphatic heterocycles. The SMILES string of the molecule is Cc1cc(C(=O)NC[C@@H](C)O)ccc1NC(=O)Cc1ccc(Br)c(Oc2cc(C#N)cc(C(F)F)c2)c1F. The fourth-order valence-electron chi connectivity index (χ4n) is 3.45. The van der Waals surface area contributed by atoms with Crippen LogP contribution in [0.15, 0.2) is 53.0 Å². The number of rotatable bonds is 9. The molecule has 0 aromatic heterocycles. The first-order chi connectivity index (χ1) is 18.0. The van der Waals surface area contributed by atoms with Gasteiger partial charge in [-0.05, 0) is 77.8 Å². The van der Waals surface area contributed by atoms with Crippen LogP contribution in [0.1, 0.15) is 46.0 Å². The van der Waals surface area contributed by atoms with Crippen LogP contribution in [0, 0.1) is 24.1 Å². The molecular formula is C27H23BrF3N3O4. The van der Waals surface area contributed by atoms with Crippen molar-refractivity contribution in [1.29, 1.82) is 5.26 Å². The van der Waals surface area contributed by atoms with Crippen LogP contribution >= 0.6 is 15.9 Å². The maximum Gasteiger partial charge on any atom is 0.264 e. The van der Waals surface area contributed by atoms with Gasteiger partial charge in [0.2, 0.25) is 5.91 Å². The number of hydrogen-bond donors (Lipinski definition) is 3. The second kappa shape index (κ2) is 12.6. The van der Waals surface area contributed by atoms with Crippen LogP contribution in [0.3, 0.4) is 0 Å². The van der Waals surface area contributed by atoms with Gasteiger partial charge < -0.3 is 20.5 Å². The monoisotopic (exact) mass is 589 g/mol. The molecule has 198 valence electrons. The van der Waals surface area contributed by atoms with E-state index in [1.54, 1.807) is 32.0 Å². The third-order valence-corrected chi connectivity index (χ3v) is 5.96. The maximum atomic E-state index is 15.3. The van der Waals surface area contributed by atoms with Crippen molar-refractivity contribution < 1.29 is 32.6 Å². The van der Waals surface area contributed by atoms with E-state index in [-0.39, 0.29) is 46.0 Å². The van der Waals surface area contributed by atoms with Gasteiger partial charge in [0.05, 0.1) is 28.6 Å². The molecule has 0 saturated carbocycles. The molecule has 0 radical (unpaired) electrons. The average Bonchev–Trinajstić information content (AvgIpc) is 2.87. The quantitative estimate of drug-likeness (QED) is 0.292. The van der Waals surface area contributed by atoms with Crippen LogP contribution in [0.4, 0.5) is 18.9 Å². The van der Waals surface area contributed by atoms with E-state index in [0.29, 0.717) is 16.8 Å². The van der Waals surface area contributed by atoms with E-state index in [1.807, 2.05) is 0 Å². The molecule has 0 saturated heterocycles. The number of carbonyl (C=O) groups excluding carboxylic acids is 2. The third kappa shape index (κ3) is 7.34. The number of carbonyl (C=O) groups is 2. The van der Waals surface area contributed by atoms with E-state index in [0.717, 1.165) is 12.1 Å². The zero-order valence-electron chi connectivity index (χ0n) is 20.3. The van der Waals surface area contributed by atoms with Crippen LogP contribution in [-0.4, -0.2) is 29.6 Å². The number of aliphatic hydroxyl groups excluding tert-OH is 1. The zero-order valence-corrected chi connectivity index (χ0v) is 21.9. The number of aryl methyl sites for hydroxylation is 1. The first-order valence-electron chi connectivity index (χ1n) is 11.3. The molecule has 38 heavy (non-hydrogen) atoms. The summed E-state index contributed by atoms with van der Waals surface area (Å²) in [4.78, 5) is 24.9. The maximum absolute atomic E-state index is 15.3. The lowest BCUT2D eigenvalue weighted by molar-refractivity contribution is -0.115. The fraction of sp³-hybridized carbons (Fsp3) is 0.222. The summed E-state index contributed by atoms with van der Waals surface area (Å²) < 4.78 is 47.4. The molecule has 3 aromatic carbocycles. The van der Waals surface area contributed by atoms with E-state index in [1.165, 1.54) is 24.3 Å². The van der Waals surface area contributed by atoms with Crippen molar-refractivity contribution in [2.75, 3.05) is 11.9 Å². The summed E-state index contributed by atoms with van der Waals surface area (Å²) in [6, 6.07) is 12.4. The lowest BCUT2D eigenvalue weighted by Crippen LogP contribution is -2.30. The molecule has 0 unspecified atom stereocenters. The van der Waals surface area contributed by atoms with Crippen LogP contribution in [-0.2, 0) is 11.2 Å². The second-order valence-electron chi connectivity index (χ2n) is 8.47. The van der Waals surface area contributed by atoms with Gasteiger partial charge in [-0.2, -0.15) is 5.26 Å². The second-order valence-corrected chi connectivity index (χ2v) is 9.32. The molecular weight excluding hydrogens is 567 g/mol. The van der Waals surface area contributed by atoms with Gasteiger partial charge in [-0.25, -0.2) is 13.2 Å². The Morgan fingerprint density at radius 2 is 1.89 bits per heavy atom. The van der Waals surface area contributed by atoms with Crippen molar-refractivity contribution >= 4 is 33.4 Å². The number of anilines is 1. The summed E-state index contributed by atoms with van der Waals surface area (Å²) in [7, 11) is 0. The summed E-state index contributed by atoms with van der Waals surface area (Å²) in [6.07, 6.45) is -3.92. The summed E-state index contributed by atoms with van der Waals surface area (Å²) >= 11 is 3.16. The largest absolute Gasteiger partial charge is 0.453 e. The van der Waals surface area contributed by atoms with Gasteiger partial charge in [0.15, 0.2) is 11.6 Å². The number of nitriles is 1. The molecule has 1 atom stereocenters. The standard InChI is InChI=1S/C27H23BrF3N3O4/c1-14-7-18(27(37)33-13-15(2)35)4-6-22(14)34-23(36)11-17-3-5-21(28)25(24(17)29)38-20-9-16(12-32)8-19(10-20)26(30)31/h3-10,15,26,35H,11,13H2,1-2H3,(H,33,37)(H,34,36)/t15-/m1/s1. The van der Waals surface area contributed by atoms with Crippen molar-refractivity contribution in [2.24, 2.45) is 0 Å². The van der Waals surface area contributed by atoms with Gasteiger partial charge in [0, 0.05) is 28.9 Å². The van der Waals surface area contributed by atoms with Gasteiger partial charge in [0.25, 0.3) is 12.3 Å². The van der Waals surface area contributed by atoms with Gasteiger partial charge in [-0.15, -0.1) is 0 Å². The number of alkyl halides is 2. The van der Waals surface area contributed by atoms with Crippen molar-refractivity contribution in [3.8, 4) is 17.6 Å². The Balaban J connectivity index is 1.76. The average molecular weight is 590 g/mol. The van der Waals surface area contributed by atoms with E-state index < -0.39 is 29.8 Å². The molecule has 0 bridgehead atoms. The van der Waals surface area contributed by atoms with Crippen molar-refractivity contribution in [3.05, 3.63) is 86.6 Å². The first-order valence-corrected chi connectivity index (χ1v) is 12.1. The molecule has 11 heteroatoms. The summed E-state index contributed by atoms with van der Waals surface area (Å²) in [5, 5.41) is 23.7. The van der Waals surface area contributed by atoms with E-state index in [9.17, 15) is 23.5 Å². The minimum absolute atomic E-state index is 0.0157. The van der Waals surface area contributed by atoms with E-state index in [4.69, 9.17) is 10.00 Å². The summed E-state index contributed by atoms with van der Waals surface area (Å²) in [5.74, 6) is -2.28. The van der Waals surface area contributed by atoms with Crippen molar-refractivity contribution in [3.63, 3.8) is 0 Å². The number of hydrogen-bond acceptors (Lipinski definition) is 5. The molecule has 3 rings (SSSR count). The van der Waals surface area contributed by atoms with Gasteiger partial charge >= 0.3 is 0 Å². The molecule has 0 spiro atoms. The number of aliphatic hydroxyl groups is 1. The molecule has 7 nitrogen and oxygen atoms in total. The highest BCUT2D eigenvalue weighted by Crippen LogP contribution is 2.36. The van der Waals surface area contributed by atoms with Crippen LogP contribution in [0.2, 0.25) is 0 Å². The minimum atomic E-state index is -2.86.